The van der Waals surface area contributed by atoms with Crippen LogP contribution in [-0.4, -0.2) is 79.3 Å². The summed E-state index contributed by atoms with van der Waals surface area (Å²) < 4.78 is 21.1. The zero-order valence-electron chi connectivity index (χ0n) is 22.1. The van der Waals surface area contributed by atoms with Gasteiger partial charge in [-0.3, -0.25) is 9.69 Å². The van der Waals surface area contributed by atoms with Crippen molar-refractivity contribution in [1.82, 2.24) is 14.9 Å². The summed E-state index contributed by atoms with van der Waals surface area (Å²) in [6.45, 7) is 8.27. The Morgan fingerprint density at radius 3 is 2.21 bits per heavy atom. The van der Waals surface area contributed by atoms with Gasteiger partial charge in [0.05, 0.1) is 24.6 Å². The number of aromatic nitrogens is 2. The molecule has 2 atom stereocenters. The van der Waals surface area contributed by atoms with E-state index in [1.54, 1.807) is 36.7 Å². The Hall–Kier alpha value is -2.98. The molecule has 3 heterocycles. The van der Waals surface area contributed by atoms with Gasteiger partial charge in [0, 0.05) is 77.4 Å². The van der Waals surface area contributed by atoms with Gasteiger partial charge in [0.2, 0.25) is 5.95 Å². The highest BCUT2D eigenvalue weighted by Gasteiger charge is 2.29. The molecule has 2 aliphatic rings. The van der Waals surface area contributed by atoms with E-state index in [1.165, 1.54) is 6.07 Å². The number of halogens is 3. The number of rotatable bonds is 5. The number of carbonyl (C=O) groups is 1. The second kappa shape index (κ2) is 11.6. The molecule has 2 aromatic carbocycles. The fourth-order valence-corrected chi connectivity index (χ4v) is 5.54. The van der Waals surface area contributed by atoms with Gasteiger partial charge < -0.3 is 19.9 Å². The Labute approximate surface area is 237 Å². The maximum Gasteiger partial charge on any atom is 0.255 e. The van der Waals surface area contributed by atoms with Crippen molar-refractivity contribution >= 4 is 46.4 Å². The molecule has 2 saturated heterocycles. The van der Waals surface area contributed by atoms with Crippen LogP contribution in [0, 0.1) is 5.82 Å². The van der Waals surface area contributed by atoms with Crippen LogP contribution in [0.2, 0.25) is 10.0 Å². The van der Waals surface area contributed by atoms with Crippen LogP contribution in [0.25, 0.3) is 11.1 Å². The number of nitrogens with zero attached hydrogens (tertiary/aromatic N) is 5. The van der Waals surface area contributed by atoms with Crippen molar-refractivity contribution in [2.45, 2.75) is 25.9 Å². The lowest BCUT2D eigenvalue weighted by molar-refractivity contribution is 0.102. The van der Waals surface area contributed by atoms with Gasteiger partial charge in [-0.05, 0) is 51.2 Å². The largest absolute Gasteiger partial charge is 0.378 e. The minimum absolute atomic E-state index is 0.243. The van der Waals surface area contributed by atoms with Crippen LogP contribution in [0.15, 0.2) is 42.7 Å². The lowest BCUT2D eigenvalue weighted by atomic mass is 10.0. The summed E-state index contributed by atoms with van der Waals surface area (Å²) in [5.41, 5.74) is 2.20. The smallest absolute Gasteiger partial charge is 0.255 e. The van der Waals surface area contributed by atoms with Crippen molar-refractivity contribution in [2.24, 2.45) is 0 Å². The van der Waals surface area contributed by atoms with E-state index in [-0.39, 0.29) is 12.1 Å². The summed E-state index contributed by atoms with van der Waals surface area (Å²) in [6.07, 6.45) is 3.22. The van der Waals surface area contributed by atoms with Crippen molar-refractivity contribution < 1.29 is 13.9 Å². The van der Waals surface area contributed by atoms with Crippen molar-refractivity contribution in [2.75, 3.05) is 61.6 Å². The van der Waals surface area contributed by atoms with Gasteiger partial charge in [-0.15, -0.1) is 0 Å². The van der Waals surface area contributed by atoms with E-state index >= 15 is 4.39 Å². The highest BCUT2D eigenvalue weighted by molar-refractivity contribution is 6.35. The molecule has 0 radical (unpaired) electrons. The maximum atomic E-state index is 15.7. The first-order chi connectivity index (χ1) is 18.7. The molecule has 0 unspecified atom stereocenters. The molecule has 2 fully saturated rings. The van der Waals surface area contributed by atoms with E-state index in [2.05, 4.69) is 46.0 Å². The number of likely N-dealkylation sites (N-methyl/N-ethyl adjacent to an activating group) is 1. The molecule has 3 aromatic rings. The second-order valence-corrected chi connectivity index (χ2v) is 11.0. The molecule has 1 aromatic heterocycles. The van der Waals surface area contributed by atoms with E-state index in [0.29, 0.717) is 83.5 Å². The first-order valence-electron chi connectivity index (χ1n) is 12.9. The SMILES string of the molecule is C[C@@H]1CN(c2cc(F)c(-c3cnc(N4CCOCC4)nc3)cc2NC(=O)c2cc(Cl)cc(Cl)c2)C[C@H](C)N1C. The number of hydrogen-bond donors (Lipinski definition) is 1. The molecule has 2 aliphatic heterocycles. The van der Waals surface area contributed by atoms with Gasteiger partial charge in [-0.25, -0.2) is 14.4 Å². The lowest BCUT2D eigenvalue weighted by Crippen LogP contribution is -2.55. The molecular formula is C28H31Cl2FN6O2. The molecule has 39 heavy (non-hydrogen) atoms. The Balaban J connectivity index is 1.51. The van der Waals surface area contributed by atoms with Crippen LogP contribution in [0.3, 0.4) is 0 Å². The number of hydrogen-bond acceptors (Lipinski definition) is 7. The van der Waals surface area contributed by atoms with Crippen LogP contribution in [0.1, 0.15) is 24.2 Å². The van der Waals surface area contributed by atoms with Crippen molar-refractivity contribution in [3.05, 3.63) is 64.2 Å². The first-order valence-corrected chi connectivity index (χ1v) is 13.7. The summed E-state index contributed by atoms with van der Waals surface area (Å²) in [6, 6.07) is 8.28. The average Bonchev–Trinajstić information content (AvgIpc) is 2.92. The number of carbonyl (C=O) groups excluding carboxylic acids is 1. The number of morpholine rings is 1. The standard InChI is InChI=1S/C28H31Cl2FN6O2/c1-17-15-37(16-18(2)35(17)3)26-12-24(31)23(20-13-32-28(33-14-20)36-4-6-39-7-5-36)11-25(26)34-27(38)19-8-21(29)10-22(30)9-19/h8-14,17-18H,4-7,15-16H2,1-3H3,(H,34,38)/t17-,18+. The number of nitrogens with one attached hydrogen (secondary N) is 1. The third kappa shape index (κ3) is 6.11. The van der Waals surface area contributed by atoms with Crippen LogP contribution < -0.4 is 15.1 Å². The Morgan fingerprint density at radius 2 is 1.59 bits per heavy atom. The first kappa shape index (κ1) is 27.6. The molecule has 1 amide bonds. The third-order valence-corrected chi connectivity index (χ3v) is 7.84. The molecule has 0 bridgehead atoms. The van der Waals surface area contributed by atoms with E-state index in [4.69, 9.17) is 27.9 Å². The van der Waals surface area contributed by atoms with E-state index in [9.17, 15) is 4.79 Å². The summed E-state index contributed by atoms with van der Waals surface area (Å²) >= 11 is 12.3. The van der Waals surface area contributed by atoms with Crippen molar-refractivity contribution in [1.29, 1.82) is 0 Å². The van der Waals surface area contributed by atoms with E-state index in [0.717, 1.165) is 0 Å². The summed E-state index contributed by atoms with van der Waals surface area (Å²) in [7, 11) is 2.09. The maximum absolute atomic E-state index is 15.7. The molecule has 206 valence electrons. The Morgan fingerprint density at radius 1 is 0.974 bits per heavy atom. The molecule has 5 rings (SSSR count). The van der Waals surface area contributed by atoms with Gasteiger partial charge in [0.25, 0.3) is 5.91 Å². The zero-order chi connectivity index (χ0) is 27.7. The fourth-order valence-electron chi connectivity index (χ4n) is 5.01. The van der Waals surface area contributed by atoms with Gasteiger partial charge in [-0.2, -0.15) is 0 Å². The van der Waals surface area contributed by atoms with Gasteiger partial charge >= 0.3 is 0 Å². The normalized spacial score (nSPS) is 20.3. The van der Waals surface area contributed by atoms with Crippen LogP contribution in [-0.2, 0) is 4.74 Å². The van der Waals surface area contributed by atoms with Gasteiger partial charge in [-0.1, -0.05) is 23.2 Å². The molecule has 0 spiro atoms. The van der Waals surface area contributed by atoms with Crippen molar-refractivity contribution in [3.8, 4) is 11.1 Å². The average molecular weight is 574 g/mol. The second-order valence-electron chi connectivity index (χ2n) is 10.1. The third-order valence-electron chi connectivity index (χ3n) is 7.40. The van der Waals surface area contributed by atoms with Crippen molar-refractivity contribution in [3.63, 3.8) is 0 Å². The molecule has 11 heteroatoms. The molecule has 0 saturated carbocycles. The van der Waals surface area contributed by atoms with Crippen LogP contribution in [0.5, 0.6) is 0 Å². The van der Waals surface area contributed by atoms with Crippen LogP contribution >= 0.6 is 23.2 Å². The predicted molar refractivity (Wildman–Crippen MR) is 154 cm³/mol. The summed E-state index contributed by atoms with van der Waals surface area (Å²) in [4.78, 5) is 28.7. The minimum Gasteiger partial charge on any atom is -0.378 e. The van der Waals surface area contributed by atoms with Gasteiger partial charge in [0.15, 0.2) is 0 Å². The fraction of sp³-hybridized carbons (Fsp3) is 0.393. The quantitative estimate of drug-likeness (QED) is 0.450. The summed E-state index contributed by atoms with van der Waals surface area (Å²) in [5.74, 6) is -0.242. The van der Waals surface area contributed by atoms with E-state index in [1.807, 2.05) is 4.90 Å². The predicted octanol–water partition coefficient (Wildman–Crippen LogP) is 5.21. The molecule has 1 N–H and O–H groups in total. The number of piperazine rings is 1. The molecular weight excluding hydrogens is 542 g/mol. The number of benzene rings is 2. The Bertz CT molecular complexity index is 1320. The molecule has 0 aliphatic carbocycles. The molecule has 8 nitrogen and oxygen atoms in total. The monoisotopic (exact) mass is 572 g/mol. The van der Waals surface area contributed by atoms with Crippen LogP contribution in [0.4, 0.5) is 21.7 Å². The Kier molecular flexibility index (Phi) is 8.23. The van der Waals surface area contributed by atoms with E-state index < -0.39 is 11.7 Å². The minimum atomic E-state index is -0.421. The van der Waals surface area contributed by atoms with Gasteiger partial charge in [0.1, 0.15) is 5.82 Å². The highest BCUT2D eigenvalue weighted by atomic mass is 35.5. The zero-order valence-corrected chi connectivity index (χ0v) is 23.6. The number of anilines is 3. The number of ether oxygens (including phenoxy) is 1. The topological polar surface area (TPSA) is 73.8 Å². The lowest BCUT2D eigenvalue weighted by Gasteiger charge is -2.44. The number of amides is 1. The highest BCUT2D eigenvalue weighted by Crippen LogP contribution is 2.36. The summed E-state index contributed by atoms with van der Waals surface area (Å²) in [5, 5.41) is 3.69.